The third-order valence-corrected chi connectivity index (χ3v) is 6.17. The number of aromatic nitrogens is 4. The van der Waals surface area contributed by atoms with Crippen LogP contribution in [0.4, 0.5) is 5.82 Å². The van der Waals surface area contributed by atoms with Crippen LogP contribution >= 0.6 is 0 Å². The van der Waals surface area contributed by atoms with E-state index in [1.54, 1.807) is 55.1 Å². The Hall–Kier alpha value is -4.86. The van der Waals surface area contributed by atoms with Gasteiger partial charge >= 0.3 is 0 Å². The highest BCUT2D eigenvalue weighted by Crippen LogP contribution is 2.28. The van der Waals surface area contributed by atoms with Gasteiger partial charge in [0.15, 0.2) is 11.5 Å². The number of pyridine rings is 1. The Morgan fingerprint density at radius 1 is 1.08 bits per heavy atom. The monoisotopic (exact) mass is 481 g/mol. The van der Waals surface area contributed by atoms with Crippen molar-refractivity contribution in [2.24, 2.45) is 5.18 Å². The predicted octanol–water partition coefficient (Wildman–Crippen LogP) is 3.93. The average Bonchev–Trinajstić information content (AvgIpc) is 3.23. The molecule has 180 valence electrons. The maximum absolute atomic E-state index is 13.9. The number of nitrogens with one attached hydrogen (secondary N) is 1. The van der Waals surface area contributed by atoms with Crippen LogP contribution in [0.25, 0.3) is 22.1 Å². The Bertz CT molecular complexity index is 1670. The smallest absolute Gasteiger partial charge is 0.263 e. The Morgan fingerprint density at radius 2 is 1.86 bits per heavy atom. The molecule has 0 saturated heterocycles. The van der Waals surface area contributed by atoms with Gasteiger partial charge in [-0.05, 0) is 49.1 Å². The van der Waals surface area contributed by atoms with Crippen LogP contribution in [0.2, 0.25) is 0 Å². The number of nitrogen functional groups attached to an aromatic ring is 1. The van der Waals surface area contributed by atoms with E-state index in [1.165, 1.54) is 4.52 Å². The zero-order valence-electron chi connectivity index (χ0n) is 19.6. The molecule has 36 heavy (non-hydrogen) atoms. The third kappa shape index (κ3) is 3.78. The molecule has 0 spiro atoms. The Morgan fingerprint density at radius 3 is 2.61 bits per heavy atom. The lowest BCUT2D eigenvalue weighted by Gasteiger charge is -2.22. The fraction of sp³-hybridized carbons (Fsp3) is 0.154. The second kappa shape index (κ2) is 9.06. The number of rotatable bonds is 6. The molecule has 3 aromatic heterocycles. The first kappa shape index (κ1) is 22.9. The molecule has 10 nitrogen and oxygen atoms in total. The fourth-order valence-electron chi connectivity index (χ4n) is 4.44. The van der Waals surface area contributed by atoms with Crippen LogP contribution < -0.4 is 16.6 Å². The standard InChI is InChI=1S/C26H23N7O3/c1-15(31-36)19-11-6-8-17-14-20(33(26(35)21(17)19)18-9-4-3-5-10-18)16(2)29-25(34)22-23(27)30-32-13-7-12-28-24(22)32/h3-16H,1-2H3,(H2,27,30)(H,29,34). The SMILES string of the molecule is CC(N=O)c1cccc2cc(C(C)NC(=O)c3c(N)nn4cccnc34)n(-c3ccccc3)c(=O)c12. The minimum atomic E-state index is -0.695. The van der Waals surface area contributed by atoms with Gasteiger partial charge < -0.3 is 11.1 Å². The number of hydrogen-bond acceptors (Lipinski definition) is 7. The number of carbonyl (C=O) groups excluding carboxylic acids is 1. The number of nitrogens with zero attached hydrogens (tertiary/aromatic N) is 5. The molecule has 0 aliphatic carbocycles. The number of nitrogens with two attached hydrogens (primary N) is 1. The van der Waals surface area contributed by atoms with Gasteiger partial charge in [0.2, 0.25) is 0 Å². The van der Waals surface area contributed by atoms with E-state index in [0.717, 1.165) is 0 Å². The van der Waals surface area contributed by atoms with Crippen LogP contribution in [-0.2, 0) is 0 Å². The number of anilines is 1. The van der Waals surface area contributed by atoms with Gasteiger partial charge in [-0.15, -0.1) is 5.10 Å². The summed E-state index contributed by atoms with van der Waals surface area (Å²) >= 11 is 0. The summed E-state index contributed by atoms with van der Waals surface area (Å²) in [4.78, 5) is 42.7. The van der Waals surface area contributed by atoms with Gasteiger partial charge in [-0.3, -0.25) is 14.2 Å². The van der Waals surface area contributed by atoms with Crippen molar-refractivity contribution in [1.82, 2.24) is 24.5 Å². The lowest BCUT2D eigenvalue weighted by atomic mass is 9.99. The van der Waals surface area contributed by atoms with Crippen molar-refractivity contribution in [1.29, 1.82) is 0 Å². The van der Waals surface area contributed by atoms with Crippen LogP contribution in [0.5, 0.6) is 0 Å². The second-order valence-corrected chi connectivity index (χ2v) is 8.48. The van der Waals surface area contributed by atoms with Crippen molar-refractivity contribution >= 4 is 28.1 Å². The van der Waals surface area contributed by atoms with Gasteiger partial charge in [0, 0.05) is 23.8 Å². The highest BCUT2D eigenvalue weighted by atomic mass is 16.3. The van der Waals surface area contributed by atoms with E-state index >= 15 is 0 Å². The van der Waals surface area contributed by atoms with Crippen LogP contribution in [0.1, 0.15) is 47.5 Å². The molecule has 2 aromatic carbocycles. The first-order valence-electron chi connectivity index (χ1n) is 11.4. The Kier molecular flexibility index (Phi) is 5.77. The minimum absolute atomic E-state index is 0.0531. The summed E-state index contributed by atoms with van der Waals surface area (Å²) in [6.07, 6.45) is 3.21. The van der Waals surface area contributed by atoms with E-state index in [0.29, 0.717) is 33.4 Å². The summed E-state index contributed by atoms with van der Waals surface area (Å²) in [6, 6.07) is 16.7. The molecule has 10 heteroatoms. The lowest BCUT2D eigenvalue weighted by Crippen LogP contribution is -2.32. The van der Waals surface area contributed by atoms with E-state index in [2.05, 4.69) is 20.6 Å². The summed E-state index contributed by atoms with van der Waals surface area (Å²) in [5.41, 5.74) is 7.93. The van der Waals surface area contributed by atoms with Crippen LogP contribution in [0.3, 0.4) is 0 Å². The van der Waals surface area contributed by atoms with Gasteiger partial charge in [0.05, 0.1) is 11.4 Å². The maximum atomic E-state index is 13.9. The fourth-order valence-corrected chi connectivity index (χ4v) is 4.44. The molecule has 1 amide bonds. The van der Waals surface area contributed by atoms with Gasteiger partial charge in [-0.2, -0.15) is 4.91 Å². The highest BCUT2D eigenvalue weighted by molar-refractivity contribution is 6.04. The summed E-state index contributed by atoms with van der Waals surface area (Å²) in [5, 5.41) is 11.3. The zero-order chi connectivity index (χ0) is 25.4. The molecule has 0 aliphatic heterocycles. The van der Waals surface area contributed by atoms with E-state index < -0.39 is 18.0 Å². The van der Waals surface area contributed by atoms with E-state index in [-0.39, 0.29) is 16.9 Å². The van der Waals surface area contributed by atoms with Crippen molar-refractivity contribution in [2.45, 2.75) is 25.9 Å². The largest absolute Gasteiger partial charge is 0.381 e. The van der Waals surface area contributed by atoms with Gasteiger partial charge in [-0.1, -0.05) is 41.6 Å². The summed E-state index contributed by atoms with van der Waals surface area (Å²) in [6.45, 7) is 3.44. The molecule has 5 rings (SSSR count). The molecule has 0 fully saturated rings. The van der Waals surface area contributed by atoms with Gasteiger partial charge in [-0.25, -0.2) is 9.50 Å². The third-order valence-electron chi connectivity index (χ3n) is 6.17. The van der Waals surface area contributed by atoms with Crippen LogP contribution in [0, 0.1) is 4.91 Å². The zero-order valence-corrected chi connectivity index (χ0v) is 19.6. The number of benzene rings is 2. The Labute approximate surface area is 205 Å². The van der Waals surface area contributed by atoms with Crippen LogP contribution in [-0.4, -0.2) is 25.1 Å². The molecule has 0 bridgehead atoms. The first-order chi connectivity index (χ1) is 17.4. The summed E-state index contributed by atoms with van der Waals surface area (Å²) in [5.74, 6) is -0.411. The molecule has 0 radical (unpaired) electrons. The highest BCUT2D eigenvalue weighted by Gasteiger charge is 2.24. The van der Waals surface area contributed by atoms with Crippen molar-refractivity contribution in [3.05, 3.63) is 105 Å². The molecular formula is C26H23N7O3. The maximum Gasteiger partial charge on any atom is 0.263 e. The van der Waals surface area contributed by atoms with Crippen molar-refractivity contribution in [3.8, 4) is 5.69 Å². The average molecular weight is 482 g/mol. The molecule has 3 heterocycles. The summed E-state index contributed by atoms with van der Waals surface area (Å²) < 4.78 is 2.99. The predicted molar refractivity (Wildman–Crippen MR) is 137 cm³/mol. The number of hydrogen-bond donors (Lipinski definition) is 2. The second-order valence-electron chi connectivity index (χ2n) is 8.48. The molecule has 3 N–H and O–H groups in total. The lowest BCUT2D eigenvalue weighted by molar-refractivity contribution is 0.0941. The van der Waals surface area contributed by atoms with Crippen LogP contribution in [0.15, 0.2) is 83.0 Å². The first-order valence-corrected chi connectivity index (χ1v) is 11.4. The van der Waals surface area contributed by atoms with Crippen molar-refractivity contribution < 1.29 is 4.79 Å². The minimum Gasteiger partial charge on any atom is -0.381 e. The number of para-hydroxylation sites is 1. The van der Waals surface area contributed by atoms with Crippen molar-refractivity contribution in [2.75, 3.05) is 5.73 Å². The van der Waals surface area contributed by atoms with Gasteiger partial charge in [0.25, 0.3) is 11.5 Å². The number of nitroso groups, excluding NO2 is 1. The normalized spacial score (nSPS) is 12.9. The molecule has 0 aliphatic rings. The van der Waals surface area contributed by atoms with Gasteiger partial charge in [0.1, 0.15) is 11.6 Å². The van der Waals surface area contributed by atoms with Crippen molar-refractivity contribution in [3.63, 3.8) is 0 Å². The Balaban J connectivity index is 1.66. The molecule has 2 atom stereocenters. The number of carbonyl (C=O) groups is 1. The van der Waals surface area contributed by atoms with E-state index in [9.17, 15) is 14.5 Å². The topological polar surface area (TPSA) is 137 Å². The molecule has 0 saturated carbocycles. The number of amides is 1. The van der Waals surface area contributed by atoms with E-state index in [1.807, 2.05) is 36.4 Å². The molecular weight excluding hydrogens is 458 g/mol. The quantitative estimate of drug-likeness (QED) is 0.353. The molecule has 5 aromatic rings. The molecule has 2 unspecified atom stereocenters. The summed E-state index contributed by atoms with van der Waals surface area (Å²) in [7, 11) is 0. The number of fused-ring (bicyclic) bond motifs is 2. The van der Waals surface area contributed by atoms with E-state index in [4.69, 9.17) is 5.73 Å².